The number of carbonyl (C=O) groups is 1. The molecule has 242 valence electrons. The van der Waals surface area contributed by atoms with Crippen molar-refractivity contribution in [2.45, 2.75) is 200 Å². The molecule has 0 saturated heterocycles. The number of carbonyl (C=O) groups excluding carboxylic acids is 1. The molecule has 3 nitrogen and oxygen atoms in total. The highest BCUT2D eigenvalue weighted by molar-refractivity contribution is 5.83. The zero-order valence-corrected chi connectivity index (χ0v) is 28.1. The van der Waals surface area contributed by atoms with Crippen molar-refractivity contribution in [3.8, 4) is 0 Å². The topological polar surface area (TPSA) is 55.1 Å². The fourth-order valence-electron chi connectivity index (χ4n) is 5.50. The Labute approximate surface area is 258 Å². The summed E-state index contributed by atoms with van der Waals surface area (Å²) in [6.07, 6.45) is 44.8. The van der Waals surface area contributed by atoms with E-state index in [2.05, 4.69) is 43.5 Å². The third-order valence-electron chi connectivity index (χ3n) is 8.38. The summed E-state index contributed by atoms with van der Waals surface area (Å²) in [7, 11) is 0. The highest BCUT2D eigenvalue weighted by atomic mass is 16.1. The highest BCUT2D eigenvalue weighted by Crippen LogP contribution is 2.13. The van der Waals surface area contributed by atoms with E-state index in [-0.39, 0.29) is 11.8 Å². The normalized spacial score (nSPS) is 12.7. The van der Waals surface area contributed by atoms with Gasteiger partial charge in [-0.1, -0.05) is 141 Å². The van der Waals surface area contributed by atoms with E-state index < -0.39 is 0 Å². The second-order valence-electron chi connectivity index (χ2n) is 12.5. The van der Waals surface area contributed by atoms with Crippen molar-refractivity contribution < 1.29 is 4.79 Å². The zero-order chi connectivity index (χ0) is 29.9. The maximum Gasteiger partial charge on any atom is 0.149 e. The van der Waals surface area contributed by atoms with Crippen LogP contribution in [0, 0.1) is 0 Å². The largest absolute Gasteiger partial charge is 0.322 e. The molecule has 0 radical (unpaired) electrons. The lowest BCUT2D eigenvalue weighted by Crippen LogP contribution is -2.30. The van der Waals surface area contributed by atoms with E-state index in [1.165, 1.54) is 161 Å². The quantitative estimate of drug-likeness (QED) is 0.0593. The Morgan fingerprint density at radius 3 is 1.39 bits per heavy atom. The van der Waals surface area contributed by atoms with Gasteiger partial charge in [0.05, 0.1) is 6.04 Å². The van der Waals surface area contributed by atoms with Gasteiger partial charge in [-0.3, -0.25) is 4.79 Å². The van der Waals surface area contributed by atoms with Crippen LogP contribution in [-0.4, -0.2) is 24.9 Å². The van der Waals surface area contributed by atoms with Crippen LogP contribution in [0.2, 0.25) is 0 Å². The van der Waals surface area contributed by atoms with Crippen molar-refractivity contribution in [1.82, 2.24) is 5.32 Å². The zero-order valence-electron chi connectivity index (χ0n) is 28.1. The van der Waals surface area contributed by atoms with Gasteiger partial charge in [-0.05, 0) is 83.7 Å². The molecule has 0 saturated carbocycles. The maximum absolute atomic E-state index is 12.3. The number of ketones is 1. The molecule has 0 aliphatic rings. The molecular formula is C38H74N2O. The van der Waals surface area contributed by atoms with Crippen LogP contribution in [0.15, 0.2) is 24.3 Å². The Hall–Kier alpha value is -0.930. The first-order valence-electron chi connectivity index (χ1n) is 18.5. The molecule has 0 amide bonds. The van der Waals surface area contributed by atoms with Crippen molar-refractivity contribution in [1.29, 1.82) is 0 Å². The van der Waals surface area contributed by atoms with Gasteiger partial charge in [-0.25, -0.2) is 0 Å². The highest BCUT2D eigenvalue weighted by Gasteiger charge is 2.12. The summed E-state index contributed by atoms with van der Waals surface area (Å²) >= 11 is 0. The van der Waals surface area contributed by atoms with Crippen molar-refractivity contribution in [2.75, 3.05) is 13.1 Å². The Morgan fingerprint density at radius 1 is 0.537 bits per heavy atom. The van der Waals surface area contributed by atoms with Crippen LogP contribution in [0.4, 0.5) is 0 Å². The summed E-state index contributed by atoms with van der Waals surface area (Å²) in [5, 5.41) is 3.40. The lowest BCUT2D eigenvalue weighted by atomic mass is 9.99. The standard InChI is InChI=1S/C38H74N2O/c1-3-5-6-7-8-9-10-11-13-17-20-23-26-29-32-35-38(41)37(39)34-31-28-25-22-19-16-14-12-15-18-21-24-27-30-33-36-40-4-2/h11-14,37,40H,3-10,15-36,39H2,1-2H3/b13-11-,14-12-. The minimum absolute atomic E-state index is 0.229. The van der Waals surface area contributed by atoms with Crippen LogP contribution < -0.4 is 11.1 Å². The Kier molecular flexibility index (Phi) is 34.5. The molecule has 1 unspecified atom stereocenters. The number of nitrogens with one attached hydrogen (secondary N) is 1. The van der Waals surface area contributed by atoms with Crippen LogP contribution in [-0.2, 0) is 4.79 Å². The van der Waals surface area contributed by atoms with Gasteiger partial charge in [0.1, 0.15) is 5.78 Å². The van der Waals surface area contributed by atoms with Gasteiger partial charge in [0.2, 0.25) is 0 Å². The Balaban J connectivity index is 3.36. The first kappa shape index (κ1) is 40.1. The number of nitrogens with two attached hydrogens (primary N) is 1. The van der Waals surface area contributed by atoms with Gasteiger partial charge in [0, 0.05) is 6.42 Å². The van der Waals surface area contributed by atoms with Crippen LogP contribution >= 0.6 is 0 Å². The van der Waals surface area contributed by atoms with E-state index >= 15 is 0 Å². The molecule has 0 rings (SSSR count). The van der Waals surface area contributed by atoms with Gasteiger partial charge in [-0.2, -0.15) is 0 Å². The maximum atomic E-state index is 12.3. The molecule has 3 heteroatoms. The fourth-order valence-corrected chi connectivity index (χ4v) is 5.50. The second-order valence-corrected chi connectivity index (χ2v) is 12.5. The molecule has 3 N–H and O–H groups in total. The smallest absolute Gasteiger partial charge is 0.149 e. The first-order chi connectivity index (χ1) is 20.2. The van der Waals surface area contributed by atoms with E-state index in [1.807, 2.05) is 0 Å². The number of rotatable bonds is 34. The molecule has 0 heterocycles. The summed E-state index contributed by atoms with van der Waals surface area (Å²) < 4.78 is 0. The van der Waals surface area contributed by atoms with Crippen molar-refractivity contribution in [2.24, 2.45) is 5.73 Å². The molecule has 0 aliphatic carbocycles. The molecule has 0 aromatic carbocycles. The minimum Gasteiger partial charge on any atom is -0.322 e. The molecule has 1 atom stereocenters. The second kappa shape index (κ2) is 35.3. The monoisotopic (exact) mass is 575 g/mol. The molecule has 0 spiro atoms. The number of allylic oxidation sites excluding steroid dienone is 4. The number of unbranched alkanes of at least 4 members (excludes halogenated alkanes) is 22. The van der Waals surface area contributed by atoms with Crippen molar-refractivity contribution in [3.63, 3.8) is 0 Å². The molecular weight excluding hydrogens is 500 g/mol. The molecule has 0 fully saturated rings. The number of Topliss-reactive ketones (excluding diaryl/α,β-unsaturated/α-hetero) is 1. The molecule has 41 heavy (non-hydrogen) atoms. The first-order valence-corrected chi connectivity index (χ1v) is 18.5. The van der Waals surface area contributed by atoms with E-state index in [0.717, 1.165) is 25.8 Å². The van der Waals surface area contributed by atoms with E-state index in [9.17, 15) is 4.79 Å². The van der Waals surface area contributed by atoms with Crippen molar-refractivity contribution in [3.05, 3.63) is 24.3 Å². The SMILES string of the molecule is CCCCCCCC/C=C\CCCCCCCC(=O)C(N)CCCCCCC/C=C\CCCCCCCCNCC. The number of hydrogen-bond acceptors (Lipinski definition) is 3. The Bertz CT molecular complexity index is 571. The summed E-state index contributed by atoms with van der Waals surface area (Å²) in [5.41, 5.74) is 6.18. The van der Waals surface area contributed by atoms with Crippen molar-refractivity contribution >= 4 is 5.78 Å². The van der Waals surface area contributed by atoms with Gasteiger partial charge < -0.3 is 11.1 Å². The third-order valence-corrected chi connectivity index (χ3v) is 8.38. The molecule has 0 aliphatic heterocycles. The van der Waals surface area contributed by atoms with Crippen LogP contribution in [0.1, 0.15) is 194 Å². The lowest BCUT2D eigenvalue weighted by molar-refractivity contribution is -0.120. The fraction of sp³-hybridized carbons (Fsp3) is 0.868. The summed E-state index contributed by atoms with van der Waals surface area (Å²) in [6, 6.07) is -0.229. The van der Waals surface area contributed by atoms with Crippen LogP contribution in [0.5, 0.6) is 0 Å². The van der Waals surface area contributed by atoms with E-state index in [1.54, 1.807) is 0 Å². The predicted octanol–water partition coefficient (Wildman–Crippen LogP) is 11.5. The van der Waals surface area contributed by atoms with Gasteiger partial charge in [0.15, 0.2) is 0 Å². The van der Waals surface area contributed by atoms with Gasteiger partial charge in [-0.15, -0.1) is 0 Å². The summed E-state index contributed by atoms with van der Waals surface area (Å²) in [6.45, 7) is 6.74. The molecule has 0 aromatic heterocycles. The Morgan fingerprint density at radius 2 is 0.927 bits per heavy atom. The average molecular weight is 575 g/mol. The van der Waals surface area contributed by atoms with Gasteiger partial charge >= 0.3 is 0 Å². The molecule has 0 bridgehead atoms. The lowest BCUT2D eigenvalue weighted by Gasteiger charge is -2.10. The van der Waals surface area contributed by atoms with E-state index in [0.29, 0.717) is 6.42 Å². The van der Waals surface area contributed by atoms with E-state index in [4.69, 9.17) is 5.73 Å². The number of hydrogen-bond donors (Lipinski definition) is 2. The molecule has 0 aromatic rings. The predicted molar refractivity (Wildman–Crippen MR) is 185 cm³/mol. The summed E-state index contributed by atoms with van der Waals surface area (Å²) in [5.74, 6) is 0.289. The summed E-state index contributed by atoms with van der Waals surface area (Å²) in [4.78, 5) is 12.3. The van der Waals surface area contributed by atoms with Crippen LogP contribution in [0.3, 0.4) is 0 Å². The van der Waals surface area contributed by atoms with Gasteiger partial charge in [0.25, 0.3) is 0 Å². The average Bonchev–Trinajstić information content (AvgIpc) is 2.98. The minimum atomic E-state index is -0.229. The third kappa shape index (κ3) is 33.4. The van der Waals surface area contributed by atoms with Crippen LogP contribution in [0.25, 0.3) is 0 Å².